The molecule has 0 radical (unpaired) electrons. The number of carbonyl (C=O) groups excluding carboxylic acids is 3. The smallest absolute Gasteiger partial charge is 0.294 e. The van der Waals surface area contributed by atoms with Crippen molar-refractivity contribution in [3.05, 3.63) is 57.3 Å². The van der Waals surface area contributed by atoms with E-state index in [2.05, 4.69) is 21.2 Å². The summed E-state index contributed by atoms with van der Waals surface area (Å²) in [7, 11) is 0. The second kappa shape index (κ2) is 7.28. The number of amides is 3. The maximum Gasteiger partial charge on any atom is 0.294 e. The van der Waals surface area contributed by atoms with E-state index in [1.165, 1.54) is 6.08 Å². The molecular formula is C17H13BrN2O4S. The summed E-state index contributed by atoms with van der Waals surface area (Å²) in [5.41, 5.74) is 0.585. The number of nitrogens with zero attached hydrogens (tertiary/aromatic N) is 1. The van der Waals surface area contributed by atoms with Gasteiger partial charge in [0.05, 0.1) is 4.91 Å². The highest BCUT2D eigenvalue weighted by Crippen LogP contribution is 2.32. The zero-order chi connectivity index (χ0) is 18.0. The van der Waals surface area contributed by atoms with Crippen LogP contribution in [0.3, 0.4) is 0 Å². The van der Waals surface area contributed by atoms with Crippen molar-refractivity contribution in [2.45, 2.75) is 6.92 Å². The van der Waals surface area contributed by atoms with Gasteiger partial charge in [0.25, 0.3) is 11.1 Å². The Morgan fingerprint density at radius 3 is 2.60 bits per heavy atom. The van der Waals surface area contributed by atoms with Gasteiger partial charge in [-0.25, -0.2) is 0 Å². The summed E-state index contributed by atoms with van der Waals surface area (Å²) in [4.78, 5) is 37.6. The fourth-order valence-electron chi connectivity index (χ4n) is 2.17. The van der Waals surface area contributed by atoms with Crippen molar-refractivity contribution < 1.29 is 18.8 Å². The molecule has 128 valence electrons. The number of benzene rings is 1. The van der Waals surface area contributed by atoms with E-state index >= 15 is 0 Å². The highest BCUT2D eigenvalue weighted by Gasteiger charge is 2.36. The standard InChI is InChI=1S/C17H13BrN2O4S/c1-10-2-7-13(24-10)8-14-16(22)20(17(23)25-14)9-15(21)19-12-5-3-11(18)4-6-12/h2-8H,9H2,1H3,(H,19,21)/b14-8+. The number of aryl methyl sites for hydroxylation is 1. The van der Waals surface area contributed by atoms with Crippen molar-refractivity contribution in [1.29, 1.82) is 0 Å². The molecular weight excluding hydrogens is 408 g/mol. The Balaban J connectivity index is 1.67. The molecule has 0 unspecified atom stereocenters. The summed E-state index contributed by atoms with van der Waals surface area (Å²) in [6, 6.07) is 10.5. The van der Waals surface area contributed by atoms with Gasteiger partial charge in [0, 0.05) is 16.2 Å². The second-order valence-electron chi connectivity index (χ2n) is 5.27. The van der Waals surface area contributed by atoms with E-state index in [4.69, 9.17) is 4.42 Å². The molecule has 1 N–H and O–H groups in total. The lowest BCUT2D eigenvalue weighted by molar-refractivity contribution is -0.127. The van der Waals surface area contributed by atoms with Gasteiger partial charge in [0.1, 0.15) is 18.1 Å². The maximum absolute atomic E-state index is 12.3. The highest BCUT2D eigenvalue weighted by atomic mass is 79.9. The van der Waals surface area contributed by atoms with E-state index in [1.54, 1.807) is 43.3 Å². The van der Waals surface area contributed by atoms with Crippen molar-refractivity contribution in [1.82, 2.24) is 4.90 Å². The van der Waals surface area contributed by atoms with Gasteiger partial charge in [-0.1, -0.05) is 15.9 Å². The Hall–Kier alpha value is -2.32. The lowest BCUT2D eigenvalue weighted by Gasteiger charge is -2.12. The van der Waals surface area contributed by atoms with E-state index in [-0.39, 0.29) is 11.4 Å². The number of nitrogens with one attached hydrogen (secondary N) is 1. The number of hydrogen-bond donors (Lipinski definition) is 1. The minimum atomic E-state index is -0.505. The molecule has 1 aromatic carbocycles. The van der Waals surface area contributed by atoms with Crippen LogP contribution in [0, 0.1) is 6.92 Å². The molecule has 3 amide bonds. The zero-order valence-electron chi connectivity index (χ0n) is 13.1. The first-order valence-electron chi connectivity index (χ1n) is 7.29. The highest BCUT2D eigenvalue weighted by molar-refractivity contribution is 9.10. The lowest BCUT2D eigenvalue weighted by atomic mass is 10.3. The lowest BCUT2D eigenvalue weighted by Crippen LogP contribution is -2.36. The van der Waals surface area contributed by atoms with E-state index < -0.39 is 17.1 Å². The molecule has 1 saturated heterocycles. The first-order chi connectivity index (χ1) is 11.9. The van der Waals surface area contributed by atoms with Crippen LogP contribution in [0.2, 0.25) is 0 Å². The van der Waals surface area contributed by atoms with Crippen LogP contribution >= 0.6 is 27.7 Å². The molecule has 8 heteroatoms. The predicted molar refractivity (Wildman–Crippen MR) is 98.9 cm³/mol. The Morgan fingerprint density at radius 1 is 1.24 bits per heavy atom. The normalized spacial score (nSPS) is 15.9. The summed E-state index contributed by atoms with van der Waals surface area (Å²) < 4.78 is 6.26. The topological polar surface area (TPSA) is 79.6 Å². The van der Waals surface area contributed by atoms with Crippen molar-refractivity contribution in [3.63, 3.8) is 0 Å². The fourth-order valence-corrected chi connectivity index (χ4v) is 3.26. The SMILES string of the molecule is Cc1ccc(/C=C2/SC(=O)N(CC(=O)Nc3ccc(Br)cc3)C2=O)o1. The average Bonchev–Trinajstić information content (AvgIpc) is 3.08. The first-order valence-corrected chi connectivity index (χ1v) is 8.90. The molecule has 6 nitrogen and oxygen atoms in total. The molecule has 0 saturated carbocycles. The van der Waals surface area contributed by atoms with E-state index in [9.17, 15) is 14.4 Å². The number of anilines is 1. The number of thioether (sulfide) groups is 1. The Labute approximate surface area is 156 Å². The maximum atomic E-state index is 12.3. The quantitative estimate of drug-likeness (QED) is 0.755. The van der Waals surface area contributed by atoms with Crippen molar-refractivity contribution in [2.75, 3.05) is 11.9 Å². The number of furan rings is 1. The third-order valence-electron chi connectivity index (χ3n) is 3.34. The Bertz CT molecular complexity index is 873. The van der Waals surface area contributed by atoms with Gasteiger partial charge in [-0.3, -0.25) is 19.3 Å². The summed E-state index contributed by atoms with van der Waals surface area (Å²) >= 11 is 4.10. The third-order valence-corrected chi connectivity index (χ3v) is 4.77. The molecule has 25 heavy (non-hydrogen) atoms. The molecule has 1 aliphatic rings. The predicted octanol–water partition coefficient (Wildman–Crippen LogP) is 4.03. The Morgan fingerprint density at radius 2 is 1.96 bits per heavy atom. The van der Waals surface area contributed by atoms with Gasteiger partial charge in [0.15, 0.2) is 0 Å². The summed E-state index contributed by atoms with van der Waals surface area (Å²) in [6.07, 6.45) is 1.50. The van der Waals surface area contributed by atoms with Crippen molar-refractivity contribution in [2.24, 2.45) is 0 Å². The van der Waals surface area contributed by atoms with Gasteiger partial charge >= 0.3 is 0 Å². The van der Waals surface area contributed by atoms with Crippen LogP contribution in [0.4, 0.5) is 10.5 Å². The van der Waals surface area contributed by atoms with Crippen LogP contribution in [-0.4, -0.2) is 28.5 Å². The molecule has 2 heterocycles. The summed E-state index contributed by atoms with van der Waals surface area (Å²) in [5, 5.41) is 2.17. The molecule has 0 spiro atoms. The molecule has 1 aliphatic heterocycles. The van der Waals surface area contributed by atoms with E-state index in [1.807, 2.05) is 0 Å². The van der Waals surface area contributed by atoms with Gasteiger partial charge in [-0.15, -0.1) is 0 Å². The number of carbonyl (C=O) groups is 3. The van der Waals surface area contributed by atoms with Crippen LogP contribution < -0.4 is 5.32 Å². The largest absolute Gasteiger partial charge is 0.462 e. The van der Waals surface area contributed by atoms with E-state index in [0.717, 1.165) is 21.1 Å². The molecule has 0 atom stereocenters. The van der Waals surface area contributed by atoms with Crippen molar-refractivity contribution in [3.8, 4) is 0 Å². The van der Waals surface area contributed by atoms with Gasteiger partial charge in [0.2, 0.25) is 5.91 Å². The molecule has 0 aliphatic carbocycles. The van der Waals surface area contributed by atoms with Gasteiger partial charge in [-0.2, -0.15) is 0 Å². The second-order valence-corrected chi connectivity index (χ2v) is 7.18. The van der Waals surface area contributed by atoms with Crippen molar-refractivity contribution >= 4 is 56.5 Å². The molecule has 2 aromatic rings. The molecule has 0 bridgehead atoms. The Kier molecular flexibility index (Phi) is 5.10. The van der Waals surface area contributed by atoms with Crippen LogP contribution in [0.25, 0.3) is 6.08 Å². The molecule has 1 fully saturated rings. The molecule has 3 rings (SSSR count). The summed E-state index contributed by atoms with van der Waals surface area (Å²) in [5.74, 6) is 0.247. The third kappa shape index (κ3) is 4.21. The van der Waals surface area contributed by atoms with Gasteiger partial charge in [-0.05, 0) is 55.1 Å². The minimum Gasteiger partial charge on any atom is -0.462 e. The number of halogens is 1. The fraction of sp³-hybridized carbons (Fsp3) is 0.118. The van der Waals surface area contributed by atoms with Gasteiger partial charge < -0.3 is 9.73 Å². The first kappa shape index (κ1) is 17.5. The number of imide groups is 1. The monoisotopic (exact) mass is 420 g/mol. The van der Waals surface area contributed by atoms with Crippen LogP contribution in [0.1, 0.15) is 11.5 Å². The number of rotatable bonds is 4. The molecule has 1 aromatic heterocycles. The van der Waals surface area contributed by atoms with Crippen LogP contribution in [0.5, 0.6) is 0 Å². The van der Waals surface area contributed by atoms with Crippen LogP contribution in [0.15, 0.2) is 50.2 Å². The minimum absolute atomic E-state index is 0.232. The number of hydrogen-bond acceptors (Lipinski definition) is 5. The average molecular weight is 421 g/mol. The van der Waals surface area contributed by atoms with Crippen LogP contribution in [-0.2, 0) is 9.59 Å². The zero-order valence-corrected chi connectivity index (χ0v) is 15.5. The summed E-state index contributed by atoms with van der Waals surface area (Å²) in [6.45, 7) is 1.45. The van der Waals surface area contributed by atoms with E-state index in [0.29, 0.717) is 17.2 Å².